The Morgan fingerprint density at radius 3 is 2.33 bits per heavy atom. The topological polar surface area (TPSA) is 9.23 Å². The molecule has 2 aromatic rings. The summed E-state index contributed by atoms with van der Waals surface area (Å²) in [6.45, 7) is 2.06. The predicted octanol–water partition coefficient (Wildman–Crippen LogP) is 4.91. The first-order valence-corrected chi connectivity index (χ1v) is 6.60. The summed E-state index contributed by atoms with van der Waals surface area (Å²) >= 11 is 3.51. The highest BCUT2D eigenvalue weighted by molar-refractivity contribution is 9.10. The Hall–Kier alpha value is -1.54. The van der Waals surface area contributed by atoms with Crippen LogP contribution in [-0.2, 0) is 0 Å². The van der Waals surface area contributed by atoms with Gasteiger partial charge >= 0.3 is 0 Å². The molecule has 0 aliphatic carbocycles. The van der Waals surface area contributed by atoms with E-state index < -0.39 is 0 Å². The average molecular weight is 303 g/mol. The van der Waals surface area contributed by atoms with Crippen LogP contribution < -0.4 is 4.74 Å². The van der Waals surface area contributed by atoms with E-state index >= 15 is 0 Å². The van der Waals surface area contributed by atoms with Gasteiger partial charge in [-0.25, -0.2) is 0 Å². The molecule has 0 N–H and O–H groups in total. The predicted molar refractivity (Wildman–Crippen MR) is 79.9 cm³/mol. The van der Waals surface area contributed by atoms with Crippen LogP contribution in [0.1, 0.15) is 18.1 Å². The van der Waals surface area contributed by atoms with E-state index in [-0.39, 0.29) is 0 Å². The molecule has 0 unspecified atom stereocenters. The number of benzene rings is 2. The van der Waals surface area contributed by atoms with Crippen molar-refractivity contribution in [1.82, 2.24) is 0 Å². The number of hydrogen-bond acceptors (Lipinski definition) is 1. The molecule has 0 radical (unpaired) electrons. The van der Waals surface area contributed by atoms with Gasteiger partial charge < -0.3 is 4.74 Å². The summed E-state index contributed by atoms with van der Waals surface area (Å²) < 4.78 is 6.27. The Bertz CT molecular complexity index is 556. The number of rotatable bonds is 3. The number of methoxy groups -OCH3 is 1. The lowest BCUT2D eigenvalue weighted by atomic mass is 9.98. The van der Waals surface area contributed by atoms with E-state index in [1.165, 1.54) is 16.7 Å². The summed E-state index contributed by atoms with van der Waals surface area (Å²) in [4.78, 5) is 0. The molecule has 0 saturated carbocycles. The van der Waals surface area contributed by atoms with Crippen LogP contribution in [0.3, 0.4) is 0 Å². The van der Waals surface area contributed by atoms with Crippen LogP contribution in [0.25, 0.3) is 5.57 Å². The molecule has 2 heteroatoms. The van der Waals surface area contributed by atoms with Crippen LogP contribution in [0.15, 0.2) is 59.1 Å². The lowest BCUT2D eigenvalue weighted by Gasteiger charge is -2.09. The van der Waals surface area contributed by atoms with Crippen molar-refractivity contribution in [3.05, 3.63) is 70.2 Å². The Morgan fingerprint density at radius 1 is 1.06 bits per heavy atom. The highest BCUT2D eigenvalue weighted by atomic mass is 79.9. The summed E-state index contributed by atoms with van der Waals surface area (Å²) in [6, 6.07) is 16.4. The maximum Gasteiger partial charge on any atom is 0.118 e. The van der Waals surface area contributed by atoms with Gasteiger partial charge in [0.15, 0.2) is 0 Å². The Balaban J connectivity index is 2.39. The second-order valence-electron chi connectivity index (χ2n) is 3.94. The van der Waals surface area contributed by atoms with Crippen molar-refractivity contribution in [3.63, 3.8) is 0 Å². The van der Waals surface area contributed by atoms with Crippen LogP contribution in [-0.4, -0.2) is 7.11 Å². The van der Waals surface area contributed by atoms with Gasteiger partial charge in [0.2, 0.25) is 0 Å². The summed E-state index contributed by atoms with van der Waals surface area (Å²) in [5, 5.41) is 0. The normalized spacial score (nSPS) is 11.4. The third-order valence-corrected chi connectivity index (χ3v) is 3.32. The zero-order valence-electron chi connectivity index (χ0n) is 10.5. The molecule has 92 valence electrons. The van der Waals surface area contributed by atoms with Crippen LogP contribution >= 0.6 is 15.9 Å². The fourth-order valence-corrected chi connectivity index (χ4v) is 2.33. The van der Waals surface area contributed by atoms with Crippen molar-refractivity contribution in [3.8, 4) is 5.75 Å². The van der Waals surface area contributed by atoms with Crippen LogP contribution in [0, 0.1) is 0 Å². The average Bonchev–Trinajstić information content (AvgIpc) is 2.40. The molecule has 0 bridgehead atoms. The number of allylic oxidation sites excluding steroid dienone is 1. The van der Waals surface area contributed by atoms with Gasteiger partial charge in [-0.05, 0) is 47.9 Å². The van der Waals surface area contributed by atoms with Crippen molar-refractivity contribution in [2.24, 2.45) is 0 Å². The molecule has 0 heterocycles. The molecule has 0 fully saturated rings. The molecule has 0 aromatic heterocycles. The Labute approximate surface area is 116 Å². The Morgan fingerprint density at radius 2 is 1.78 bits per heavy atom. The van der Waals surface area contributed by atoms with E-state index in [4.69, 9.17) is 4.74 Å². The molecule has 1 nitrogen and oxygen atoms in total. The maximum absolute atomic E-state index is 5.18. The highest BCUT2D eigenvalue weighted by Crippen LogP contribution is 2.26. The molecule has 0 aliphatic heterocycles. The first-order valence-electron chi connectivity index (χ1n) is 5.81. The van der Waals surface area contributed by atoms with Crippen molar-refractivity contribution in [2.45, 2.75) is 6.92 Å². The maximum atomic E-state index is 5.18. The lowest BCUT2D eigenvalue weighted by Crippen LogP contribution is -1.89. The molecule has 2 aromatic carbocycles. The van der Waals surface area contributed by atoms with E-state index in [0.29, 0.717) is 0 Å². The second kappa shape index (κ2) is 5.87. The summed E-state index contributed by atoms with van der Waals surface area (Å²) in [5.74, 6) is 0.878. The van der Waals surface area contributed by atoms with Crippen LogP contribution in [0.5, 0.6) is 5.75 Å². The van der Waals surface area contributed by atoms with E-state index in [0.717, 1.165) is 10.2 Å². The van der Waals surface area contributed by atoms with Gasteiger partial charge in [0.25, 0.3) is 0 Å². The minimum absolute atomic E-state index is 0.878. The first kappa shape index (κ1) is 12.9. The number of hydrogen-bond donors (Lipinski definition) is 0. The largest absolute Gasteiger partial charge is 0.497 e. The minimum atomic E-state index is 0.878. The standard InChI is InChI=1S/C16H15BrO/c1-3-16(13-5-4-6-14(17)11-13)12-7-9-15(18-2)10-8-12/h3-11H,1-2H3/b16-3+. The van der Waals surface area contributed by atoms with Gasteiger partial charge in [0, 0.05) is 4.47 Å². The van der Waals surface area contributed by atoms with Gasteiger partial charge in [-0.2, -0.15) is 0 Å². The van der Waals surface area contributed by atoms with E-state index in [2.05, 4.69) is 53.2 Å². The van der Waals surface area contributed by atoms with E-state index in [9.17, 15) is 0 Å². The molecule has 2 rings (SSSR count). The van der Waals surface area contributed by atoms with Gasteiger partial charge in [-0.3, -0.25) is 0 Å². The SMILES string of the molecule is C/C=C(\c1ccc(OC)cc1)c1cccc(Br)c1. The van der Waals surface area contributed by atoms with Gasteiger partial charge in [-0.15, -0.1) is 0 Å². The smallest absolute Gasteiger partial charge is 0.118 e. The lowest BCUT2D eigenvalue weighted by molar-refractivity contribution is 0.415. The summed E-state index contributed by atoms with van der Waals surface area (Å²) in [7, 11) is 1.68. The molecule has 0 saturated heterocycles. The summed E-state index contributed by atoms with van der Waals surface area (Å²) in [5.41, 5.74) is 3.62. The van der Waals surface area contributed by atoms with Crippen LogP contribution in [0.2, 0.25) is 0 Å². The van der Waals surface area contributed by atoms with Gasteiger partial charge in [-0.1, -0.05) is 46.3 Å². The fourth-order valence-electron chi connectivity index (χ4n) is 1.93. The van der Waals surface area contributed by atoms with E-state index in [1.54, 1.807) is 7.11 Å². The third-order valence-electron chi connectivity index (χ3n) is 2.83. The van der Waals surface area contributed by atoms with Gasteiger partial charge in [0.1, 0.15) is 5.75 Å². The van der Waals surface area contributed by atoms with Crippen molar-refractivity contribution < 1.29 is 4.74 Å². The van der Waals surface area contributed by atoms with Crippen molar-refractivity contribution in [2.75, 3.05) is 7.11 Å². The molecular formula is C16H15BrO. The molecule has 0 atom stereocenters. The molecule has 0 amide bonds. The zero-order valence-corrected chi connectivity index (χ0v) is 12.1. The monoisotopic (exact) mass is 302 g/mol. The Kier molecular flexibility index (Phi) is 4.21. The van der Waals surface area contributed by atoms with E-state index in [1.807, 2.05) is 24.3 Å². The summed E-state index contributed by atoms with van der Waals surface area (Å²) in [6.07, 6.45) is 2.13. The fraction of sp³-hybridized carbons (Fsp3) is 0.125. The molecular weight excluding hydrogens is 288 g/mol. The third kappa shape index (κ3) is 2.82. The second-order valence-corrected chi connectivity index (χ2v) is 4.86. The first-order chi connectivity index (χ1) is 8.74. The highest BCUT2D eigenvalue weighted by Gasteiger charge is 2.04. The van der Waals surface area contributed by atoms with Gasteiger partial charge in [0.05, 0.1) is 7.11 Å². The van der Waals surface area contributed by atoms with Crippen LogP contribution in [0.4, 0.5) is 0 Å². The quantitative estimate of drug-likeness (QED) is 0.783. The molecule has 0 aliphatic rings. The zero-order chi connectivity index (χ0) is 13.0. The van der Waals surface area contributed by atoms with Crippen molar-refractivity contribution in [1.29, 1.82) is 0 Å². The van der Waals surface area contributed by atoms with Crippen molar-refractivity contribution >= 4 is 21.5 Å². The number of ether oxygens (including phenoxy) is 1. The minimum Gasteiger partial charge on any atom is -0.497 e. The number of halogens is 1. The molecule has 18 heavy (non-hydrogen) atoms. The molecule has 0 spiro atoms.